The molecule has 8 heteroatoms. The van der Waals surface area contributed by atoms with E-state index >= 15 is 0 Å². The van der Waals surface area contributed by atoms with Crippen LogP contribution in [0.5, 0.6) is 5.75 Å². The van der Waals surface area contributed by atoms with Crippen LogP contribution in [0, 0.1) is 0 Å². The van der Waals surface area contributed by atoms with Gasteiger partial charge < -0.3 is 20.1 Å². The van der Waals surface area contributed by atoms with E-state index in [0.717, 1.165) is 0 Å². The maximum Gasteiger partial charge on any atom is 0.387 e. The van der Waals surface area contributed by atoms with E-state index in [0.29, 0.717) is 29.8 Å². The van der Waals surface area contributed by atoms with Gasteiger partial charge in [0.1, 0.15) is 11.8 Å². The Labute approximate surface area is 129 Å². The molecule has 1 saturated heterocycles. The molecule has 5 nitrogen and oxygen atoms in total. The fourth-order valence-corrected chi connectivity index (χ4v) is 2.34. The Bertz CT molecular complexity index is 496. The highest BCUT2D eigenvalue weighted by atomic mass is 79.9. The van der Waals surface area contributed by atoms with Crippen LogP contribution in [-0.4, -0.2) is 38.3 Å². The molecule has 0 bridgehead atoms. The van der Waals surface area contributed by atoms with Gasteiger partial charge in [-0.05, 0) is 18.2 Å². The lowest BCUT2D eigenvalue weighted by Gasteiger charge is -2.23. The van der Waals surface area contributed by atoms with Crippen LogP contribution in [0.1, 0.15) is 5.56 Å². The molecule has 21 heavy (non-hydrogen) atoms. The summed E-state index contributed by atoms with van der Waals surface area (Å²) in [6.45, 7) is -1.34. The zero-order chi connectivity index (χ0) is 15.2. The molecule has 0 spiro atoms. The van der Waals surface area contributed by atoms with Crippen LogP contribution in [0.15, 0.2) is 22.7 Å². The van der Waals surface area contributed by atoms with Crippen LogP contribution in [0.2, 0.25) is 0 Å². The summed E-state index contributed by atoms with van der Waals surface area (Å²) >= 11 is 3.26. The van der Waals surface area contributed by atoms with Crippen molar-refractivity contribution in [3.8, 4) is 5.75 Å². The molecule has 2 rings (SSSR count). The van der Waals surface area contributed by atoms with E-state index in [4.69, 9.17) is 4.74 Å². The fraction of sp³-hybridized carbons (Fsp3) is 0.462. The normalized spacial score (nSPS) is 18.6. The second-order valence-corrected chi connectivity index (χ2v) is 5.35. The number of hydrogen-bond donors (Lipinski definition) is 2. The summed E-state index contributed by atoms with van der Waals surface area (Å²) in [5.74, 6) is -0.195. The Morgan fingerprint density at radius 2 is 2.38 bits per heavy atom. The first-order valence-corrected chi connectivity index (χ1v) is 7.17. The predicted molar refractivity (Wildman–Crippen MR) is 75.2 cm³/mol. The molecule has 0 radical (unpaired) electrons. The molecule has 0 saturated carbocycles. The minimum atomic E-state index is -2.91. The number of alkyl halides is 2. The summed E-state index contributed by atoms with van der Waals surface area (Å²) in [4.78, 5) is 11.9. The summed E-state index contributed by atoms with van der Waals surface area (Å²) in [5.41, 5.74) is 0.467. The zero-order valence-electron chi connectivity index (χ0n) is 11.1. The summed E-state index contributed by atoms with van der Waals surface area (Å²) < 4.78 is 35.0. The molecular formula is C13H15BrF2N2O3. The first-order valence-electron chi connectivity index (χ1n) is 6.38. The second-order valence-electron chi connectivity index (χ2n) is 4.43. The van der Waals surface area contributed by atoms with Gasteiger partial charge >= 0.3 is 6.61 Å². The molecule has 1 aromatic carbocycles. The van der Waals surface area contributed by atoms with E-state index in [1.54, 1.807) is 12.1 Å². The fourth-order valence-electron chi connectivity index (χ4n) is 1.94. The van der Waals surface area contributed by atoms with Crippen molar-refractivity contribution in [3.05, 3.63) is 28.2 Å². The molecule has 1 aliphatic rings. The Morgan fingerprint density at radius 3 is 3.05 bits per heavy atom. The Hall–Kier alpha value is -1.25. The average molecular weight is 365 g/mol. The third-order valence-electron chi connectivity index (χ3n) is 2.93. The van der Waals surface area contributed by atoms with E-state index in [1.165, 1.54) is 6.07 Å². The van der Waals surface area contributed by atoms with Gasteiger partial charge in [-0.15, -0.1) is 0 Å². The van der Waals surface area contributed by atoms with Gasteiger partial charge in [0.2, 0.25) is 5.91 Å². The number of nitrogens with one attached hydrogen (secondary N) is 2. The van der Waals surface area contributed by atoms with Crippen LogP contribution in [0.25, 0.3) is 0 Å². The number of halogens is 3. The lowest BCUT2D eigenvalue weighted by Crippen LogP contribution is -2.51. The van der Waals surface area contributed by atoms with Gasteiger partial charge in [0.05, 0.1) is 13.2 Å². The van der Waals surface area contributed by atoms with Crippen molar-refractivity contribution < 1.29 is 23.0 Å². The molecule has 1 aromatic rings. The van der Waals surface area contributed by atoms with Crippen LogP contribution in [0.3, 0.4) is 0 Å². The smallest absolute Gasteiger partial charge is 0.387 e. The van der Waals surface area contributed by atoms with Crippen LogP contribution < -0.4 is 15.4 Å². The van der Waals surface area contributed by atoms with E-state index in [-0.39, 0.29) is 18.2 Å². The van der Waals surface area contributed by atoms with Crippen LogP contribution in [-0.2, 0) is 16.1 Å². The number of carbonyl (C=O) groups excluding carboxylic acids is 1. The van der Waals surface area contributed by atoms with Gasteiger partial charge in [0.25, 0.3) is 0 Å². The molecule has 1 aliphatic heterocycles. The quantitative estimate of drug-likeness (QED) is 0.833. The van der Waals surface area contributed by atoms with Gasteiger partial charge in [0, 0.05) is 23.1 Å². The first kappa shape index (κ1) is 16.1. The molecule has 1 heterocycles. The van der Waals surface area contributed by atoms with Gasteiger partial charge in [-0.25, -0.2) is 0 Å². The number of morpholine rings is 1. The van der Waals surface area contributed by atoms with E-state index in [9.17, 15) is 13.6 Å². The van der Waals surface area contributed by atoms with E-state index in [1.807, 2.05) is 0 Å². The van der Waals surface area contributed by atoms with Crippen LogP contribution in [0.4, 0.5) is 8.78 Å². The van der Waals surface area contributed by atoms with E-state index < -0.39 is 12.7 Å². The van der Waals surface area contributed by atoms with Crippen molar-refractivity contribution in [2.24, 2.45) is 0 Å². The molecule has 2 N–H and O–H groups in total. The van der Waals surface area contributed by atoms with Gasteiger partial charge in [-0.2, -0.15) is 8.78 Å². The Morgan fingerprint density at radius 1 is 1.57 bits per heavy atom. The minimum Gasteiger partial charge on any atom is -0.434 e. The molecule has 1 fully saturated rings. The summed E-state index contributed by atoms with van der Waals surface area (Å²) in [6.07, 6.45) is 0. The summed E-state index contributed by atoms with van der Waals surface area (Å²) in [6, 6.07) is 4.23. The van der Waals surface area contributed by atoms with E-state index in [2.05, 4.69) is 31.3 Å². The van der Waals surface area contributed by atoms with Crippen LogP contribution >= 0.6 is 15.9 Å². The molecule has 1 amide bonds. The van der Waals surface area contributed by atoms with Gasteiger partial charge in [-0.1, -0.05) is 15.9 Å². The number of ether oxygens (including phenoxy) is 2. The lowest BCUT2D eigenvalue weighted by molar-refractivity contribution is -0.126. The molecular weight excluding hydrogens is 350 g/mol. The van der Waals surface area contributed by atoms with Gasteiger partial charge in [0.15, 0.2) is 0 Å². The predicted octanol–water partition coefficient (Wildman–Crippen LogP) is 1.66. The van der Waals surface area contributed by atoms with Crippen molar-refractivity contribution in [2.75, 3.05) is 19.8 Å². The molecule has 0 aliphatic carbocycles. The average Bonchev–Trinajstić information content (AvgIpc) is 2.47. The van der Waals surface area contributed by atoms with Crippen molar-refractivity contribution in [1.82, 2.24) is 10.6 Å². The summed E-state index contributed by atoms with van der Waals surface area (Å²) in [5, 5.41) is 5.70. The highest BCUT2D eigenvalue weighted by Crippen LogP contribution is 2.24. The second kappa shape index (κ2) is 7.67. The van der Waals surface area contributed by atoms with Crippen molar-refractivity contribution in [3.63, 3.8) is 0 Å². The minimum absolute atomic E-state index is 0.0429. The topological polar surface area (TPSA) is 59.6 Å². The van der Waals surface area contributed by atoms with Crippen molar-refractivity contribution in [1.29, 1.82) is 0 Å². The molecule has 0 aromatic heterocycles. The maximum atomic E-state index is 12.3. The number of amides is 1. The highest BCUT2D eigenvalue weighted by Gasteiger charge is 2.21. The van der Waals surface area contributed by atoms with Gasteiger partial charge in [-0.3, -0.25) is 4.79 Å². The highest BCUT2D eigenvalue weighted by molar-refractivity contribution is 9.10. The SMILES string of the molecule is O=C(NCc1cc(Br)ccc1OC(F)F)C1COCCN1. The Balaban J connectivity index is 1.97. The maximum absolute atomic E-state index is 12.3. The number of benzene rings is 1. The monoisotopic (exact) mass is 364 g/mol. The molecule has 1 unspecified atom stereocenters. The molecule has 116 valence electrons. The number of hydrogen-bond acceptors (Lipinski definition) is 4. The number of rotatable bonds is 5. The van der Waals surface area contributed by atoms with Crippen molar-refractivity contribution in [2.45, 2.75) is 19.2 Å². The number of carbonyl (C=O) groups is 1. The Kier molecular flexibility index (Phi) is 5.89. The first-order chi connectivity index (χ1) is 10.1. The van der Waals surface area contributed by atoms with Crippen molar-refractivity contribution >= 4 is 21.8 Å². The standard InChI is InChI=1S/C13H15BrF2N2O3/c14-9-1-2-11(21-13(15)16)8(5-9)6-18-12(19)10-7-20-4-3-17-10/h1-2,5,10,13,17H,3-4,6-7H2,(H,18,19). The zero-order valence-corrected chi connectivity index (χ0v) is 12.7. The lowest BCUT2D eigenvalue weighted by atomic mass is 10.2. The third kappa shape index (κ3) is 4.90. The third-order valence-corrected chi connectivity index (χ3v) is 3.42. The largest absolute Gasteiger partial charge is 0.434 e. The molecule has 1 atom stereocenters. The summed E-state index contributed by atoms with van der Waals surface area (Å²) in [7, 11) is 0.